The molecule has 2 aromatic rings. The molecule has 1 aliphatic rings. The van der Waals surface area contributed by atoms with Crippen molar-refractivity contribution < 1.29 is 14.6 Å². The van der Waals surface area contributed by atoms with E-state index in [2.05, 4.69) is 0 Å². The van der Waals surface area contributed by atoms with E-state index < -0.39 is 16.8 Å². The lowest BCUT2D eigenvalue weighted by Crippen LogP contribution is -2.74. The van der Waals surface area contributed by atoms with Crippen LogP contribution in [0.4, 0.5) is 5.69 Å². The van der Waals surface area contributed by atoms with Crippen LogP contribution in [0.15, 0.2) is 54.6 Å². The molecule has 1 saturated heterocycles. The highest BCUT2D eigenvalue weighted by molar-refractivity contribution is 6.02. The number of Topliss-reactive ketones (excluding diaryl/α,β-unsaturated/α-hetero) is 1. The number of quaternary nitrogens is 1. The summed E-state index contributed by atoms with van der Waals surface area (Å²) in [5, 5.41) is 23.4. The standard InChI is InChI=1S/C19H21NO4/c1-13(21)17-12-20(23,15-8-10-16(24-2)11-9-15)18(17)19(22)14-6-4-3-5-7-14/h3-11,13,17-18,21H,12H2,1-2H3/t13?,17-,18+,20+/m0/s1. The largest absolute Gasteiger partial charge is 0.627 e. The summed E-state index contributed by atoms with van der Waals surface area (Å²) in [6.45, 7) is 1.82. The summed E-state index contributed by atoms with van der Waals surface area (Å²) >= 11 is 0. The number of methoxy groups -OCH3 is 1. The van der Waals surface area contributed by atoms with E-state index in [-0.39, 0.29) is 18.2 Å². The van der Waals surface area contributed by atoms with Crippen molar-refractivity contribution in [3.05, 3.63) is 65.4 Å². The molecule has 0 radical (unpaired) electrons. The van der Waals surface area contributed by atoms with Crippen molar-refractivity contribution in [1.29, 1.82) is 0 Å². The Bertz CT molecular complexity index is 714. The van der Waals surface area contributed by atoms with Gasteiger partial charge in [0.25, 0.3) is 0 Å². The van der Waals surface area contributed by atoms with Gasteiger partial charge >= 0.3 is 0 Å². The van der Waals surface area contributed by atoms with Gasteiger partial charge in [-0.1, -0.05) is 30.3 Å². The fourth-order valence-electron chi connectivity index (χ4n) is 3.37. The number of ether oxygens (including phenoxy) is 1. The number of hydroxylamine groups is 2. The Morgan fingerprint density at radius 2 is 1.83 bits per heavy atom. The summed E-state index contributed by atoms with van der Waals surface area (Å²) in [5.41, 5.74) is 1.00. The Morgan fingerprint density at radius 1 is 1.21 bits per heavy atom. The van der Waals surface area contributed by atoms with Gasteiger partial charge in [-0.05, 0) is 19.1 Å². The van der Waals surface area contributed by atoms with Crippen LogP contribution in [-0.4, -0.2) is 36.7 Å². The second kappa shape index (κ2) is 6.36. The summed E-state index contributed by atoms with van der Waals surface area (Å²) < 4.78 is 4.38. The van der Waals surface area contributed by atoms with Crippen molar-refractivity contribution in [2.75, 3.05) is 13.7 Å². The van der Waals surface area contributed by atoms with E-state index in [0.29, 0.717) is 17.0 Å². The average Bonchev–Trinajstić information content (AvgIpc) is 2.60. The Morgan fingerprint density at radius 3 is 2.38 bits per heavy atom. The van der Waals surface area contributed by atoms with Crippen LogP contribution >= 0.6 is 0 Å². The molecule has 0 aliphatic carbocycles. The molecule has 1 aliphatic heterocycles. The molecule has 0 amide bonds. The van der Waals surface area contributed by atoms with Gasteiger partial charge in [-0.15, -0.1) is 0 Å². The van der Waals surface area contributed by atoms with Gasteiger partial charge in [0.05, 0.1) is 25.7 Å². The molecule has 126 valence electrons. The van der Waals surface area contributed by atoms with Gasteiger partial charge in [-0.2, -0.15) is 0 Å². The minimum absolute atomic E-state index is 0.188. The van der Waals surface area contributed by atoms with Crippen molar-refractivity contribution in [1.82, 2.24) is 4.65 Å². The summed E-state index contributed by atoms with van der Waals surface area (Å²) in [6.07, 6.45) is -0.707. The minimum atomic E-state index is -0.833. The molecule has 1 unspecified atom stereocenters. The third kappa shape index (κ3) is 2.71. The maximum atomic E-state index is 13.4. The molecule has 5 nitrogen and oxygen atoms in total. The molecule has 1 fully saturated rings. The molecule has 2 aromatic carbocycles. The van der Waals surface area contributed by atoms with Crippen molar-refractivity contribution >= 4 is 11.5 Å². The van der Waals surface area contributed by atoms with Crippen LogP contribution < -0.4 is 9.38 Å². The first-order chi connectivity index (χ1) is 11.5. The topological polar surface area (TPSA) is 69.6 Å². The number of benzene rings is 2. The summed E-state index contributed by atoms with van der Waals surface area (Å²) in [6, 6.07) is 14.8. The second-order valence-electron chi connectivity index (χ2n) is 6.26. The summed E-state index contributed by atoms with van der Waals surface area (Å²) in [4.78, 5) is 12.9. The SMILES string of the molecule is COc1ccc([N@+]2([O-])C[C@@H](C(C)O)[C@@H]2C(=O)c2ccccc2)cc1. The number of hydrogen-bond donors (Lipinski definition) is 1. The van der Waals surface area contributed by atoms with Crippen LogP contribution in [0.5, 0.6) is 5.75 Å². The zero-order valence-corrected chi connectivity index (χ0v) is 13.8. The number of ketones is 1. The number of carbonyl (C=O) groups is 1. The molecular weight excluding hydrogens is 306 g/mol. The number of nitrogens with zero attached hydrogens (tertiary/aromatic N) is 1. The lowest BCUT2D eigenvalue weighted by Gasteiger charge is -2.59. The van der Waals surface area contributed by atoms with Gasteiger partial charge in [0.1, 0.15) is 11.4 Å². The van der Waals surface area contributed by atoms with Crippen LogP contribution in [0.3, 0.4) is 0 Å². The van der Waals surface area contributed by atoms with Crippen molar-refractivity contribution in [3.8, 4) is 5.75 Å². The molecule has 0 aromatic heterocycles. The van der Waals surface area contributed by atoms with E-state index in [1.807, 2.05) is 6.07 Å². The molecule has 5 heteroatoms. The zero-order chi connectivity index (χ0) is 17.3. The number of aliphatic hydroxyl groups is 1. The third-order valence-corrected chi connectivity index (χ3v) is 4.79. The van der Waals surface area contributed by atoms with Crippen LogP contribution in [0.25, 0.3) is 0 Å². The fraction of sp³-hybridized carbons (Fsp3) is 0.316. The average molecular weight is 327 g/mol. The van der Waals surface area contributed by atoms with Crippen LogP contribution in [0.1, 0.15) is 17.3 Å². The van der Waals surface area contributed by atoms with Crippen molar-refractivity contribution in [3.63, 3.8) is 0 Å². The molecule has 3 rings (SSSR count). The quantitative estimate of drug-likeness (QED) is 0.521. The first kappa shape index (κ1) is 16.6. The van der Waals surface area contributed by atoms with E-state index in [1.165, 1.54) is 0 Å². The Balaban J connectivity index is 1.96. The Kier molecular flexibility index (Phi) is 4.41. The predicted octanol–water partition coefficient (Wildman–Crippen LogP) is 2.76. The molecule has 0 saturated carbocycles. The number of rotatable bonds is 5. The monoisotopic (exact) mass is 327 g/mol. The van der Waals surface area contributed by atoms with E-state index in [9.17, 15) is 15.1 Å². The lowest BCUT2D eigenvalue weighted by molar-refractivity contribution is -0.0105. The van der Waals surface area contributed by atoms with Crippen LogP contribution in [-0.2, 0) is 0 Å². The van der Waals surface area contributed by atoms with E-state index >= 15 is 0 Å². The molecule has 0 spiro atoms. The van der Waals surface area contributed by atoms with E-state index in [1.54, 1.807) is 62.6 Å². The molecule has 1 N–H and O–H groups in total. The number of aliphatic hydroxyl groups excluding tert-OH is 1. The highest BCUT2D eigenvalue weighted by Gasteiger charge is 2.56. The molecule has 4 atom stereocenters. The highest BCUT2D eigenvalue weighted by Crippen LogP contribution is 2.42. The van der Waals surface area contributed by atoms with Crippen molar-refractivity contribution in [2.45, 2.75) is 19.1 Å². The van der Waals surface area contributed by atoms with Crippen molar-refractivity contribution in [2.24, 2.45) is 5.92 Å². The first-order valence-corrected chi connectivity index (χ1v) is 7.98. The highest BCUT2D eigenvalue weighted by atomic mass is 16.6. The number of carbonyl (C=O) groups excluding carboxylic acids is 1. The maximum absolute atomic E-state index is 13.4. The van der Waals surface area contributed by atoms with E-state index in [4.69, 9.17) is 4.74 Å². The van der Waals surface area contributed by atoms with Gasteiger partial charge in [0, 0.05) is 17.7 Å². The van der Waals surface area contributed by atoms with Gasteiger partial charge < -0.3 is 19.7 Å². The second-order valence-corrected chi connectivity index (χ2v) is 6.26. The normalized spacial score (nSPS) is 27.2. The van der Waals surface area contributed by atoms with Crippen LogP contribution in [0.2, 0.25) is 0 Å². The minimum Gasteiger partial charge on any atom is -0.627 e. The molecular formula is C19H21NO4. The van der Waals surface area contributed by atoms with Gasteiger partial charge in [-0.3, -0.25) is 4.79 Å². The first-order valence-electron chi connectivity index (χ1n) is 7.98. The van der Waals surface area contributed by atoms with Gasteiger partial charge in [0.2, 0.25) is 5.78 Å². The molecule has 24 heavy (non-hydrogen) atoms. The fourth-order valence-corrected chi connectivity index (χ4v) is 3.37. The summed E-state index contributed by atoms with van der Waals surface area (Å²) in [5.74, 6) is 0.0831. The Hall–Kier alpha value is -2.21. The van der Waals surface area contributed by atoms with Gasteiger partial charge in [0.15, 0.2) is 6.04 Å². The zero-order valence-electron chi connectivity index (χ0n) is 13.8. The number of hydrogen-bond acceptors (Lipinski definition) is 4. The summed E-state index contributed by atoms with van der Waals surface area (Å²) in [7, 11) is 1.56. The lowest BCUT2D eigenvalue weighted by atomic mass is 9.78. The molecule has 0 bridgehead atoms. The maximum Gasteiger partial charge on any atom is 0.221 e. The smallest absolute Gasteiger partial charge is 0.221 e. The molecule has 1 heterocycles. The van der Waals surface area contributed by atoms with Gasteiger partial charge in [-0.25, -0.2) is 0 Å². The van der Waals surface area contributed by atoms with Crippen LogP contribution in [0, 0.1) is 11.1 Å². The Labute approximate surface area is 141 Å². The third-order valence-electron chi connectivity index (χ3n) is 4.79. The van der Waals surface area contributed by atoms with E-state index in [0.717, 1.165) is 0 Å². The predicted molar refractivity (Wildman–Crippen MR) is 92.8 cm³/mol.